The summed E-state index contributed by atoms with van der Waals surface area (Å²) >= 11 is 1.31. The van der Waals surface area contributed by atoms with Crippen LogP contribution in [0.5, 0.6) is 0 Å². The molecule has 0 atom stereocenters. The van der Waals surface area contributed by atoms with E-state index in [-0.39, 0.29) is 0 Å². The second kappa shape index (κ2) is 4.05. The van der Waals surface area contributed by atoms with Crippen LogP contribution in [0.4, 0.5) is 10.8 Å². The van der Waals surface area contributed by atoms with Gasteiger partial charge in [-0.05, 0) is 5.56 Å². The molecular formula is C12H7N5S. The van der Waals surface area contributed by atoms with Crippen molar-refractivity contribution in [2.75, 3.05) is 5.73 Å². The molecule has 2 N–H and O–H groups in total. The summed E-state index contributed by atoms with van der Waals surface area (Å²) in [6.07, 6.45) is 1.66. The Labute approximate surface area is 107 Å². The summed E-state index contributed by atoms with van der Waals surface area (Å²) in [7, 11) is 0. The molecule has 0 aliphatic rings. The molecule has 18 heavy (non-hydrogen) atoms. The highest BCUT2D eigenvalue weighted by Gasteiger charge is 2.06. The molecule has 0 saturated heterocycles. The van der Waals surface area contributed by atoms with Gasteiger partial charge in [0.05, 0.1) is 18.5 Å². The van der Waals surface area contributed by atoms with Gasteiger partial charge in [0.1, 0.15) is 0 Å². The van der Waals surface area contributed by atoms with Gasteiger partial charge in [0, 0.05) is 0 Å². The summed E-state index contributed by atoms with van der Waals surface area (Å²) in [5.41, 5.74) is 8.46. The van der Waals surface area contributed by atoms with Crippen molar-refractivity contribution in [3.63, 3.8) is 0 Å². The van der Waals surface area contributed by atoms with Crippen molar-refractivity contribution in [1.82, 2.24) is 15.0 Å². The van der Waals surface area contributed by atoms with Crippen molar-refractivity contribution in [3.05, 3.63) is 41.9 Å². The SMILES string of the molecule is [C-]#[N+]c1ccc(-c2cnc3nc(N)sc3n2)cc1. The van der Waals surface area contributed by atoms with E-state index in [1.807, 2.05) is 12.1 Å². The normalized spacial score (nSPS) is 10.4. The Bertz CT molecular complexity index is 754. The second-order valence-corrected chi connectivity index (χ2v) is 4.60. The molecule has 3 rings (SSSR count). The number of thiazole rings is 1. The lowest BCUT2D eigenvalue weighted by atomic mass is 10.1. The monoisotopic (exact) mass is 253 g/mol. The molecule has 0 aliphatic carbocycles. The largest absolute Gasteiger partial charge is 0.375 e. The zero-order valence-corrected chi connectivity index (χ0v) is 9.98. The van der Waals surface area contributed by atoms with Gasteiger partial charge in [-0.25, -0.2) is 14.8 Å². The first-order valence-electron chi connectivity index (χ1n) is 5.13. The van der Waals surface area contributed by atoms with E-state index in [0.717, 1.165) is 16.1 Å². The fourth-order valence-corrected chi connectivity index (χ4v) is 2.25. The molecule has 86 valence electrons. The smallest absolute Gasteiger partial charge is 0.191 e. The van der Waals surface area contributed by atoms with Gasteiger partial charge in [-0.3, -0.25) is 0 Å². The Balaban J connectivity index is 2.10. The maximum atomic E-state index is 6.91. The van der Waals surface area contributed by atoms with E-state index >= 15 is 0 Å². The van der Waals surface area contributed by atoms with Crippen LogP contribution in [0.15, 0.2) is 30.5 Å². The molecule has 0 spiro atoms. The molecule has 5 nitrogen and oxygen atoms in total. The standard InChI is InChI=1S/C12H7N5S/c1-14-8-4-2-7(3-5-8)9-6-15-10-11(16-9)18-12(13)17-10/h2-6H,(H2,13,15,17). The van der Waals surface area contributed by atoms with Crippen molar-refractivity contribution in [1.29, 1.82) is 0 Å². The van der Waals surface area contributed by atoms with Gasteiger partial charge in [-0.15, -0.1) is 0 Å². The van der Waals surface area contributed by atoms with E-state index in [4.69, 9.17) is 12.3 Å². The van der Waals surface area contributed by atoms with E-state index in [1.165, 1.54) is 11.3 Å². The molecule has 0 fully saturated rings. The number of nitrogen functional groups attached to an aromatic ring is 1. The highest BCUT2D eigenvalue weighted by Crippen LogP contribution is 2.25. The maximum absolute atomic E-state index is 6.91. The summed E-state index contributed by atoms with van der Waals surface area (Å²) in [5, 5.41) is 0.463. The first kappa shape index (κ1) is 10.6. The van der Waals surface area contributed by atoms with Crippen molar-refractivity contribution in [2.24, 2.45) is 0 Å². The van der Waals surface area contributed by atoms with Crippen LogP contribution in [-0.4, -0.2) is 15.0 Å². The number of hydrogen-bond donors (Lipinski definition) is 1. The predicted molar refractivity (Wildman–Crippen MR) is 71.3 cm³/mol. The van der Waals surface area contributed by atoms with E-state index in [0.29, 0.717) is 16.5 Å². The summed E-state index contributed by atoms with van der Waals surface area (Å²) in [4.78, 5) is 16.8. The molecular weight excluding hydrogens is 246 g/mol. The Morgan fingerprint density at radius 3 is 2.67 bits per heavy atom. The van der Waals surface area contributed by atoms with Gasteiger partial charge >= 0.3 is 0 Å². The van der Waals surface area contributed by atoms with Crippen LogP contribution < -0.4 is 5.73 Å². The Morgan fingerprint density at radius 1 is 1.17 bits per heavy atom. The number of rotatable bonds is 1. The number of anilines is 1. The molecule has 2 aromatic heterocycles. The first-order chi connectivity index (χ1) is 8.76. The lowest BCUT2D eigenvalue weighted by Crippen LogP contribution is -1.86. The molecule has 6 heteroatoms. The second-order valence-electron chi connectivity index (χ2n) is 3.59. The van der Waals surface area contributed by atoms with Gasteiger partial charge in [0.25, 0.3) is 0 Å². The fourth-order valence-electron chi connectivity index (χ4n) is 1.58. The van der Waals surface area contributed by atoms with Crippen LogP contribution in [0.2, 0.25) is 0 Å². The molecule has 0 saturated carbocycles. The number of nitrogens with two attached hydrogens (primary N) is 1. The summed E-state index contributed by atoms with van der Waals surface area (Å²) in [6, 6.07) is 7.23. The Morgan fingerprint density at radius 2 is 1.94 bits per heavy atom. The Hall–Kier alpha value is -2.52. The van der Waals surface area contributed by atoms with Gasteiger partial charge in [0.15, 0.2) is 21.3 Å². The van der Waals surface area contributed by atoms with Crippen LogP contribution in [0, 0.1) is 6.57 Å². The lowest BCUT2D eigenvalue weighted by molar-refractivity contribution is 1.27. The zero-order valence-electron chi connectivity index (χ0n) is 9.16. The number of fused-ring (bicyclic) bond motifs is 1. The minimum Gasteiger partial charge on any atom is -0.375 e. The van der Waals surface area contributed by atoms with Gasteiger partial charge in [-0.1, -0.05) is 35.6 Å². The third-order valence-electron chi connectivity index (χ3n) is 2.43. The van der Waals surface area contributed by atoms with Gasteiger partial charge in [-0.2, -0.15) is 4.98 Å². The molecule has 3 aromatic rings. The van der Waals surface area contributed by atoms with Crippen LogP contribution in [0.25, 0.3) is 26.6 Å². The lowest BCUT2D eigenvalue weighted by Gasteiger charge is -1.99. The number of nitrogens with zero attached hydrogens (tertiary/aromatic N) is 4. The van der Waals surface area contributed by atoms with Crippen molar-refractivity contribution in [2.45, 2.75) is 0 Å². The quantitative estimate of drug-likeness (QED) is 0.677. The molecule has 2 heterocycles. The minimum atomic E-state index is 0.463. The summed E-state index contributed by atoms with van der Waals surface area (Å²) in [5.74, 6) is 0. The highest BCUT2D eigenvalue weighted by molar-refractivity contribution is 7.21. The average Bonchev–Trinajstić information content (AvgIpc) is 2.78. The van der Waals surface area contributed by atoms with Crippen LogP contribution in [-0.2, 0) is 0 Å². The fraction of sp³-hybridized carbons (Fsp3) is 0. The van der Waals surface area contributed by atoms with E-state index < -0.39 is 0 Å². The zero-order chi connectivity index (χ0) is 12.5. The van der Waals surface area contributed by atoms with E-state index in [9.17, 15) is 0 Å². The highest BCUT2D eigenvalue weighted by atomic mass is 32.1. The number of aromatic nitrogens is 3. The number of hydrogen-bond acceptors (Lipinski definition) is 5. The topological polar surface area (TPSA) is 69.0 Å². The predicted octanol–water partition coefficient (Wildman–Crippen LogP) is 2.89. The van der Waals surface area contributed by atoms with Gasteiger partial charge < -0.3 is 5.73 Å². The number of benzene rings is 1. The minimum absolute atomic E-state index is 0.463. The van der Waals surface area contributed by atoms with E-state index in [1.54, 1.807) is 18.3 Å². The summed E-state index contributed by atoms with van der Waals surface area (Å²) in [6.45, 7) is 6.91. The van der Waals surface area contributed by atoms with E-state index in [2.05, 4.69) is 19.8 Å². The molecule has 0 aliphatic heterocycles. The van der Waals surface area contributed by atoms with Crippen molar-refractivity contribution < 1.29 is 0 Å². The molecule has 0 bridgehead atoms. The van der Waals surface area contributed by atoms with Crippen molar-refractivity contribution >= 4 is 32.6 Å². The maximum Gasteiger partial charge on any atom is 0.191 e. The Kier molecular flexibility index (Phi) is 2.39. The molecule has 0 unspecified atom stereocenters. The first-order valence-corrected chi connectivity index (χ1v) is 5.95. The third kappa shape index (κ3) is 1.77. The van der Waals surface area contributed by atoms with Crippen LogP contribution in [0.3, 0.4) is 0 Å². The van der Waals surface area contributed by atoms with Gasteiger partial charge in [0.2, 0.25) is 0 Å². The third-order valence-corrected chi connectivity index (χ3v) is 3.20. The van der Waals surface area contributed by atoms with Crippen LogP contribution in [0.1, 0.15) is 0 Å². The summed E-state index contributed by atoms with van der Waals surface area (Å²) < 4.78 is 0. The average molecular weight is 253 g/mol. The molecule has 0 amide bonds. The van der Waals surface area contributed by atoms with Crippen molar-refractivity contribution in [3.8, 4) is 11.3 Å². The molecule has 1 aromatic carbocycles. The molecule has 0 radical (unpaired) electrons. The van der Waals surface area contributed by atoms with Crippen LogP contribution >= 0.6 is 11.3 Å².